The molecule has 0 saturated carbocycles. The summed E-state index contributed by atoms with van der Waals surface area (Å²) in [6.07, 6.45) is 1.90. The molecule has 0 amide bonds. The number of carbonyl (C=O) groups excluding carboxylic acids is 1. The van der Waals surface area contributed by atoms with Gasteiger partial charge in [-0.2, -0.15) is 0 Å². The zero-order valence-corrected chi connectivity index (χ0v) is 11.2. The first-order valence-corrected chi connectivity index (χ1v) is 5.87. The number of rotatable bonds is 7. The smallest absolute Gasteiger partial charge is 0.396 e. The normalized spacial score (nSPS) is 12.2. The van der Waals surface area contributed by atoms with Crippen LogP contribution in [0.2, 0.25) is 0 Å². The van der Waals surface area contributed by atoms with Gasteiger partial charge in [-0.1, -0.05) is 0 Å². The molecule has 2 N–H and O–H groups in total. The molecule has 0 aliphatic carbocycles. The standard InChI is InChI=1S/C11H17BN3O4/c1-7-6-15(11(18)13-10(7)17)5-4-9(8(2)16)14-12-19-3/h6,9,14H,4-5H2,1-3H3,(H,13,17,18). The molecule has 0 spiro atoms. The average molecular weight is 266 g/mol. The molecule has 0 fully saturated rings. The minimum absolute atomic E-state index is 0.0532. The van der Waals surface area contributed by atoms with E-state index in [9.17, 15) is 14.4 Å². The summed E-state index contributed by atoms with van der Waals surface area (Å²) in [7, 11) is 2.80. The van der Waals surface area contributed by atoms with Crippen molar-refractivity contribution in [3.8, 4) is 0 Å². The van der Waals surface area contributed by atoms with Crippen LogP contribution in [0.5, 0.6) is 0 Å². The molecule has 1 unspecified atom stereocenters. The number of aromatic nitrogens is 2. The second-order valence-corrected chi connectivity index (χ2v) is 4.24. The quantitative estimate of drug-likeness (QED) is 0.615. The number of hydrogen-bond donors (Lipinski definition) is 2. The highest BCUT2D eigenvalue weighted by molar-refractivity contribution is 6.24. The maximum atomic E-state index is 11.6. The Labute approximate surface area is 111 Å². The molecular formula is C11H17BN3O4. The van der Waals surface area contributed by atoms with Crippen LogP contribution < -0.4 is 16.5 Å². The molecule has 0 aromatic carbocycles. The Bertz CT molecular complexity index is 552. The van der Waals surface area contributed by atoms with Crippen LogP contribution in [-0.4, -0.2) is 36.1 Å². The second-order valence-electron chi connectivity index (χ2n) is 4.24. The molecule has 1 aromatic rings. The number of aromatic amines is 1. The van der Waals surface area contributed by atoms with Crippen LogP contribution >= 0.6 is 0 Å². The van der Waals surface area contributed by atoms with Crippen LogP contribution in [-0.2, 0) is 16.0 Å². The van der Waals surface area contributed by atoms with E-state index < -0.39 is 17.3 Å². The van der Waals surface area contributed by atoms with Crippen molar-refractivity contribution in [1.82, 2.24) is 14.8 Å². The van der Waals surface area contributed by atoms with E-state index >= 15 is 0 Å². The van der Waals surface area contributed by atoms with Gasteiger partial charge < -0.3 is 14.4 Å². The zero-order chi connectivity index (χ0) is 14.4. The lowest BCUT2D eigenvalue weighted by atomic mass is 10.1. The fraction of sp³-hybridized carbons (Fsp3) is 0.545. The highest BCUT2D eigenvalue weighted by atomic mass is 16.4. The van der Waals surface area contributed by atoms with E-state index in [1.54, 1.807) is 6.92 Å². The van der Waals surface area contributed by atoms with Gasteiger partial charge in [0, 0.05) is 25.4 Å². The molecule has 1 aromatic heterocycles. The third-order valence-corrected chi connectivity index (χ3v) is 2.73. The minimum atomic E-state index is -0.478. The van der Waals surface area contributed by atoms with E-state index in [2.05, 4.69) is 10.2 Å². The van der Waals surface area contributed by atoms with Gasteiger partial charge in [-0.3, -0.25) is 14.6 Å². The van der Waals surface area contributed by atoms with Crippen molar-refractivity contribution in [2.45, 2.75) is 32.9 Å². The third kappa shape index (κ3) is 4.49. The van der Waals surface area contributed by atoms with Gasteiger partial charge in [-0.25, -0.2) is 4.79 Å². The summed E-state index contributed by atoms with van der Waals surface area (Å²) in [6.45, 7) is 3.40. The molecule has 0 aliphatic rings. The van der Waals surface area contributed by atoms with Gasteiger partial charge in [0.2, 0.25) is 0 Å². The molecule has 8 heteroatoms. The monoisotopic (exact) mass is 266 g/mol. The molecule has 19 heavy (non-hydrogen) atoms. The molecule has 7 nitrogen and oxygen atoms in total. The zero-order valence-electron chi connectivity index (χ0n) is 11.2. The van der Waals surface area contributed by atoms with E-state index in [1.807, 2.05) is 0 Å². The summed E-state index contributed by atoms with van der Waals surface area (Å²) in [6, 6.07) is -0.431. The van der Waals surface area contributed by atoms with E-state index in [4.69, 9.17) is 4.65 Å². The molecule has 1 atom stereocenters. The van der Waals surface area contributed by atoms with Crippen molar-refractivity contribution >= 4 is 13.4 Å². The predicted octanol–water partition coefficient (Wildman–Crippen LogP) is -1.04. The van der Waals surface area contributed by atoms with Crippen molar-refractivity contribution in [2.24, 2.45) is 0 Å². The van der Waals surface area contributed by atoms with E-state index in [1.165, 1.54) is 32.4 Å². The van der Waals surface area contributed by atoms with Crippen LogP contribution in [0.4, 0.5) is 0 Å². The van der Waals surface area contributed by atoms with Gasteiger partial charge in [-0.05, 0) is 20.3 Å². The van der Waals surface area contributed by atoms with Crippen molar-refractivity contribution in [1.29, 1.82) is 0 Å². The summed E-state index contributed by atoms with van der Waals surface area (Å²) in [5, 5.41) is 2.80. The average Bonchev–Trinajstić information content (AvgIpc) is 2.34. The molecule has 0 saturated heterocycles. The number of ketones is 1. The Kier molecular flexibility index (Phi) is 5.72. The molecular weight excluding hydrogens is 249 g/mol. The van der Waals surface area contributed by atoms with E-state index in [-0.39, 0.29) is 5.78 Å². The van der Waals surface area contributed by atoms with E-state index in [0.717, 1.165) is 0 Å². The number of nitrogens with one attached hydrogen (secondary N) is 2. The van der Waals surface area contributed by atoms with Gasteiger partial charge in [0.05, 0.1) is 6.04 Å². The highest BCUT2D eigenvalue weighted by Gasteiger charge is 2.14. The summed E-state index contributed by atoms with van der Waals surface area (Å²) >= 11 is 0. The van der Waals surface area contributed by atoms with Gasteiger partial charge in [0.1, 0.15) is 5.78 Å². The van der Waals surface area contributed by atoms with Crippen molar-refractivity contribution in [2.75, 3.05) is 7.11 Å². The first-order valence-electron chi connectivity index (χ1n) is 5.87. The van der Waals surface area contributed by atoms with Gasteiger partial charge in [0.15, 0.2) is 0 Å². The second kappa shape index (κ2) is 7.05. The van der Waals surface area contributed by atoms with E-state index in [0.29, 0.717) is 18.5 Å². The molecule has 0 aliphatic heterocycles. The number of nitrogens with zero attached hydrogens (tertiary/aromatic N) is 1. The topological polar surface area (TPSA) is 93.2 Å². The predicted molar refractivity (Wildman–Crippen MR) is 71.0 cm³/mol. The van der Waals surface area contributed by atoms with Crippen molar-refractivity contribution in [3.63, 3.8) is 0 Å². The molecule has 1 radical (unpaired) electrons. The molecule has 103 valence electrons. The maximum absolute atomic E-state index is 11.6. The highest BCUT2D eigenvalue weighted by Crippen LogP contribution is 1.97. The lowest BCUT2D eigenvalue weighted by Gasteiger charge is -2.15. The minimum Gasteiger partial charge on any atom is -0.427 e. The van der Waals surface area contributed by atoms with Gasteiger partial charge in [0.25, 0.3) is 5.56 Å². The Hall–Kier alpha value is -1.67. The Morgan fingerprint density at radius 1 is 1.58 bits per heavy atom. The maximum Gasteiger partial charge on any atom is 0.396 e. The Balaban J connectivity index is 2.74. The first-order chi connectivity index (χ1) is 8.95. The number of Topliss-reactive ketones (excluding diaryl/α,β-unsaturated/α-hetero) is 1. The molecule has 1 rings (SSSR count). The lowest BCUT2D eigenvalue weighted by molar-refractivity contribution is -0.118. The Morgan fingerprint density at radius 2 is 2.26 bits per heavy atom. The fourth-order valence-electron chi connectivity index (χ4n) is 1.61. The van der Waals surface area contributed by atoms with Crippen LogP contribution in [0.15, 0.2) is 15.8 Å². The summed E-state index contributed by atoms with van der Waals surface area (Å²) in [5.74, 6) is -0.0532. The van der Waals surface area contributed by atoms with Gasteiger partial charge in [-0.15, -0.1) is 0 Å². The number of carbonyl (C=O) groups is 1. The number of H-pyrrole nitrogens is 1. The molecule has 0 bridgehead atoms. The fourth-order valence-corrected chi connectivity index (χ4v) is 1.61. The summed E-state index contributed by atoms with van der Waals surface area (Å²) < 4.78 is 6.10. The van der Waals surface area contributed by atoms with Crippen molar-refractivity contribution in [3.05, 3.63) is 32.6 Å². The first kappa shape index (κ1) is 15.4. The van der Waals surface area contributed by atoms with Crippen molar-refractivity contribution < 1.29 is 9.45 Å². The summed E-state index contributed by atoms with van der Waals surface area (Å²) in [5.41, 5.74) is -0.417. The van der Waals surface area contributed by atoms with Gasteiger partial charge >= 0.3 is 13.3 Å². The SMILES string of the molecule is CO[B]NC(CCn1cc(C)c(=O)[nH]c1=O)C(C)=O. The Morgan fingerprint density at radius 3 is 2.84 bits per heavy atom. The van der Waals surface area contributed by atoms with Crippen LogP contribution in [0.3, 0.4) is 0 Å². The lowest BCUT2D eigenvalue weighted by Crippen LogP contribution is -2.40. The largest absolute Gasteiger partial charge is 0.427 e. The summed E-state index contributed by atoms with van der Waals surface area (Å²) in [4.78, 5) is 36.4. The third-order valence-electron chi connectivity index (χ3n) is 2.73. The number of aryl methyl sites for hydroxylation is 2. The van der Waals surface area contributed by atoms with Crippen LogP contribution in [0.1, 0.15) is 18.9 Å². The van der Waals surface area contributed by atoms with Crippen LogP contribution in [0, 0.1) is 6.92 Å². The van der Waals surface area contributed by atoms with Crippen LogP contribution in [0.25, 0.3) is 0 Å². The number of hydrogen-bond acceptors (Lipinski definition) is 5. The molecule has 1 heterocycles.